The Morgan fingerprint density at radius 3 is 2.70 bits per heavy atom. The summed E-state index contributed by atoms with van der Waals surface area (Å²) in [5.74, 6) is 0. The quantitative estimate of drug-likeness (QED) is 0.518. The fraction of sp³-hybridized carbons (Fsp3) is 0.750. The number of rotatable bonds is 0. The first-order valence-corrected chi connectivity index (χ1v) is 4.05. The van der Waals surface area contributed by atoms with Gasteiger partial charge in [-0.05, 0) is 32.2 Å². The van der Waals surface area contributed by atoms with E-state index in [-0.39, 0.29) is 5.54 Å². The van der Waals surface area contributed by atoms with Crippen LogP contribution < -0.4 is 11.1 Å². The zero-order valence-electron chi connectivity index (χ0n) is 6.19. The summed E-state index contributed by atoms with van der Waals surface area (Å²) in [6.07, 6.45) is 7.14. The molecule has 1 fully saturated rings. The summed E-state index contributed by atoms with van der Waals surface area (Å²) in [5.41, 5.74) is 7.21. The Morgan fingerprint density at radius 1 is 1.50 bits per heavy atom. The number of nitrogens with one attached hydrogen (secondary N) is 1. The van der Waals surface area contributed by atoms with Crippen molar-refractivity contribution in [2.75, 3.05) is 6.54 Å². The normalized spacial score (nSPS) is 39.0. The Labute approximate surface area is 61.5 Å². The largest absolute Gasteiger partial charge is 0.401 e. The Kier molecular flexibility index (Phi) is 1.24. The average Bonchev–Trinajstić information content (AvgIpc) is 1.85. The van der Waals surface area contributed by atoms with E-state index in [1.807, 2.05) is 0 Å². The van der Waals surface area contributed by atoms with Crippen molar-refractivity contribution in [2.24, 2.45) is 5.73 Å². The Hall–Kier alpha value is -0.500. The maximum absolute atomic E-state index is 5.87. The molecule has 0 aromatic heterocycles. The van der Waals surface area contributed by atoms with Gasteiger partial charge in [-0.1, -0.05) is 6.08 Å². The topological polar surface area (TPSA) is 38.0 Å². The Bertz CT molecular complexity index is 168. The molecule has 0 aromatic carbocycles. The fourth-order valence-electron chi connectivity index (χ4n) is 1.89. The van der Waals surface area contributed by atoms with Crippen molar-refractivity contribution in [3.05, 3.63) is 11.8 Å². The molecule has 1 spiro atoms. The second kappa shape index (κ2) is 1.99. The summed E-state index contributed by atoms with van der Waals surface area (Å²) in [5, 5.41) is 3.42. The van der Waals surface area contributed by atoms with Gasteiger partial charge in [-0.25, -0.2) is 0 Å². The molecule has 0 bridgehead atoms. The highest BCUT2D eigenvalue weighted by molar-refractivity contribution is 5.23. The predicted molar refractivity (Wildman–Crippen MR) is 41.5 cm³/mol. The molecule has 2 rings (SSSR count). The first-order chi connectivity index (χ1) is 4.83. The van der Waals surface area contributed by atoms with Gasteiger partial charge < -0.3 is 11.1 Å². The van der Waals surface area contributed by atoms with Crippen molar-refractivity contribution in [3.8, 4) is 0 Å². The minimum atomic E-state index is 0.248. The third-order valence-corrected chi connectivity index (χ3v) is 2.74. The molecule has 0 aromatic rings. The van der Waals surface area contributed by atoms with E-state index in [2.05, 4.69) is 11.4 Å². The SMILES string of the molecule is NC1=CCCCC12CCN2. The summed E-state index contributed by atoms with van der Waals surface area (Å²) >= 11 is 0. The van der Waals surface area contributed by atoms with Crippen LogP contribution in [0.25, 0.3) is 0 Å². The molecule has 0 amide bonds. The molecule has 3 N–H and O–H groups in total. The summed E-state index contributed by atoms with van der Waals surface area (Å²) in [6.45, 7) is 1.15. The highest BCUT2D eigenvalue weighted by Crippen LogP contribution is 2.33. The van der Waals surface area contributed by atoms with E-state index in [9.17, 15) is 0 Å². The van der Waals surface area contributed by atoms with Crippen LogP contribution in [0.1, 0.15) is 25.7 Å². The number of nitrogens with two attached hydrogens (primary N) is 1. The lowest BCUT2D eigenvalue weighted by molar-refractivity contribution is 0.221. The van der Waals surface area contributed by atoms with Crippen LogP contribution >= 0.6 is 0 Å². The molecule has 2 nitrogen and oxygen atoms in total. The van der Waals surface area contributed by atoms with Crippen LogP contribution in [0.15, 0.2) is 11.8 Å². The van der Waals surface area contributed by atoms with Crippen LogP contribution in [0.3, 0.4) is 0 Å². The smallest absolute Gasteiger partial charge is 0.0590 e. The van der Waals surface area contributed by atoms with Crippen molar-refractivity contribution in [3.63, 3.8) is 0 Å². The first kappa shape index (κ1) is 6.23. The molecule has 1 atom stereocenters. The molecule has 2 heteroatoms. The van der Waals surface area contributed by atoms with Gasteiger partial charge in [0.25, 0.3) is 0 Å². The molecule has 56 valence electrons. The zero-order chi connectivity index (χ0) is 7.03. The molecule has 1 unspecified atom stereocenters. The van der Waals surface area contributed by atoms with E-state index >= 15 is 0 Å². The molecule has 1 saturated heterocycles. The van der Waals surface area contributed by atoms with Gasteiger partial charge in [-0.15, -0.1) is 0 Å². The van der Waals surface area contributed by atoms with Gasteiger partial charge in [0.05, 0.1) is 5.54 Å². The van der Waals surface area contributed by atoms with E-state index < -0.39 is 0 Å². The molecular weight excluding hydrogens is 124 g/mol. The van der Waals surface area contributed by atoms with Crippen molar-refractivity contribution >= 4 is 0 Å². The summed E-state index contributed by atoms with van der Waals surface area (Å²) < 4.78 is 0. The molecule has 0 radical (unpaired) electrons. The lowest BCUT2D eigenvalue weighted by Gasteiger charge is -2.45. The van der Waals surface area contributed by atoms with E-state index in [1.165, 1.54) is 25.7 Å². The molecule has 2 aliphatic rings. The van der Waals surface area contributed by atoms with Crippen LogP contribution in [0.4, 0.5) is 0 Å². The molecule has 0 saturated carbocycles. The average molecular weight is 138 g/mol. The Morgan fingerprint density at radius 2 is 2.30 bits per heavy atom. The van der Waals surface area contributed by atoms with Gasteiger partial charge in [0.15, 0.2) is 0 Å². The van der Waals surface area contributed by atoms with Crippen LogP contribution in [0.2, 0.25) is 0 Å². The van der Waals surface area contributed by atoms with E-state index in [0.717, 1.165) is 12.2 Å². The monoisotopic (exact) mass is 138 g/mol. The Balaban J connectivity index is 2.19. The highest BCUT2D eigenvalue weighted by atomic mass is 15.1. The van der Waals surface area contributed by atoms with Crippen LogP contribution in [-0.2, 0) is 0 Å². The molecule has 1 aliphatic carbocycles. The summed E-state index contributed by atoms with van der Waals surface area (Å²) in [6, 6.07) is 0. The number of allylic oxidation sites excluding steroid dienone is 1. The minimum Gasteiger partial charge on any atom is -0.401 e. The summed E-state index contributed by atoms with van der Waals surface area (Å²) in [4.78, 5) is 0. The van der Waals surface area contributed by atoms with Crippen LogP contribution in [0, 0.1) is 0 Å². The first-order valence-electron chi connectivity index (χ1n) is 4.05. The van der Waals surface area contributed by atoms with Crippen molar-refractivity contribution in [2.45, 2.75) is 31.2 Å². The van der Waals surface area contributed by atoms with Gasteiger partial charge in [0.1, 0.15) is 0 Å². The van der Waals surface area contributed by atoms with E-state index in [4.69, 9.17) is 5.73 Å². The van der Waals surface area contributed by atoms with Gasteiger partial charge in [-0.3, -0.25) is 0 Å². The van der Waals surface area contributed by atoms with Gasteiger partial charge >= 0.3 is 0 Å². The van der Waals surface area contributed by atoms with Crippen molar-refractivity contribution in [1.82, 2.24) is 5.32 Å². The molecule has 1 aliphatic heterocycles. The minimum absolute atomic E-state index is 0.248. The maximum Gasteiger partial charge on any atom is 0.0590 e. The second-order valence-electron chi connectivity index (χ2n) is 3.31. The van der Waals surface area contributed by atoms with E-state index in [0.29, 0.717) is 0 Å². The van der Waals surface area contributed by atoms with Gasteiger partial charge in [-0.2, -0.15) is 0 Å². The predicted octanol–water partition coefficient (Wildman–Crippen LogP) is 0.745. The van der Waals surface area contributed by atoms with E-state index in [1.54, 1.807) is 0 Å². The number of hydrogen-bond acceptors (Lipinski definition) is 2. The fourth-order valence-corrected chi connectivity index (χ4v) is 1.89. The van der Waals surface area contributed by atoms with Crippen molar-refractivity contribution < 1.29 is 0 Å². The third-order valence-electron chi connectivity index (χ3n) is 2.74. The standard InChI is InChI=1S/C8H14N2/c9-7-3-1-2-4-8(7)5-6-10-8/h3,10H,1-2,4-6,9H2. The molecule has 10 heavy (non-hydrogen) atoms. The van der Waals surface area contributed by atoms with Gasteiger partial charge in [0.2, 0.25) is 0 Å². The van der Waals surface area contributed by atoms with Crippen LogP contribution in [0.5, 0.6) is 0 Å². The van der Waals surface area contributed by atoms with Crippen LogP contribution in [-0.4, -0.2) is 12.1 Å². The zero-order valence-corrected chi connectivity index (χ0v) is 6.19. The lowest BCUT2D eigenvalue weighted by atomic mass is 9.77. The second-order valence-corrected chi connectivity index (χ2v) is 3.31. The maximum atomic E-state index is 5.87. The molecular formula is C8H14N2. The van der Waals surface area contributed by atoms with Gasteiger partial charge in [0, 0.05) is 5.70 Å². The number of hydrogen-bond donors (Lipinski definition) is 2. The lowest BCUT2D eigenvalue weighted by Crippen LogP contribution is -2.60. The third kappa shape index (κ3) is 0.686. The highest BCUT2D eigenvalue weighted by Gasteiger charge is 2.39. The molecule has 1 heterocycles. The van der Waals surface area contributed by atoms with Crippen molar-refractivity contribution in [1.29, 1.82) is 0 Å². The summed E-state index contributed by atoms with van der Waals surface area (Å²) in [7, 11) is 0.